The number of amides is 1. The minimum atomic E-state index is -0.340. The van der Waals surface area contributed by atoms with E-state index in [1.54, 1.807) is 12.1 Å². The summed E-state index contributed by atoms with van der Waals surface area (Å²) in [6.45, 7) is 8.34. The zero-order chi connectivity index (χ0) is 20.3. The number of benzene rings is 2. The maximum atomic E-state index is 11.8. The van der Waals surface area contributed by atoms with Gasteiger partial charge >= 0.3 is 0 Å². The molecule has 0 aliphatic carbocycles. The van der Waals surface area contributed by atoms with Gasteiger partial charge in [-0.05, 0) is 48.7 Å². The first-order chi connectivity index (χ1) is 13.3. The summed E-state index contributed by atoms with van der Waals surface area (Å²) in [4.78, 5) is 11.8. The lowest BCUT2D eigenvalue weighted by molar-refractivity contribution is 0.0953. The van der Waals surface area contributed by atoms with Crippen molar-refractivity contribution in [2.75, 3.05) is 0 Å². The lowest BCUT2D eigenvalue weighted by Crippen LogP contribution is -2.30. The normalized spacial score (nSPS) is 10.9. The number of carbonyl (C=O) groups is 1. The molecule has 1 amide bonds. The molecule has 0 unspecified atom stereocenters. The molecule has 5 nitrogen and oxygen atoms in total. The number of carbonyl (C=O) groups excluding carboxylic acids is 1. The van der Waals surface area contributed by atoms with Crippen LogP contribution in [0.1, 0.15) is 53.6 Å². The van der Waals surface area contributed by atoms with E-state index in [-0.39, 0.29) is 11.3 Å². The summed E-state index contributed by atoms with van der Waals surface area (Å²) in [5.41, 5.74) is 7.02. The summed E-state index contributed by atoms with van der Waals surface area (Å²) < 4.78 is 1.86. The predicted molar refractivity (Wildman–Crippen MR) is 111 cm³/mol. The van der Waals surface area contributed by atoms with Crippen LogP contribution in [0.4, 0.5) is 0 Å². The fraction of sp³-hybridized carbons (Fsp3) is 0.217. The van der Waals surface area contributed by atoms with Gasteiger partial charge in [-0.3, -0.25) is 10.2 Å². The first-order valence-electron chi connectivity index (χ1n) is 9.09. The highest BCUT2D eigenvalue weighted by molar-refractivity contribution is 5.94. The molecule has 0 atom stereocenters. The molecule has 0 radical (unpaired) electrons. The number of nitrogens with one attached hydrogen (secondary N) is 1. The Morgan fingerprint density at radius 2 is 1.79 bits per heavy atom. The predicted octanol–water partition coefficient (Wildman–Crippen LogP) is 3.48. The second kappa shape index (κ2) is 7.71. The summed E-state index contributed by atoms with van der Waals surface area (Å²) in [7, 11) is 0. The van der Waals surface area contributed by atoms with Crippen LogP contribution in [-0.4, -0.2) is 15.7 Å². The van der Waals surface area contributed by atoms with E-state index >= 15 is 0 Å². The van der Waals surface area contributed by atoms with E-state index in [0.717, 1.165) is 28.2 Å². The van der Waals surface area contributed by atoms with Gasteiger partial charge in [-0.2, -0.15) is 5.10 Å². The van der Waals surface area contributed by atoms with Crippen LogP contribution in [0.25, 0.3) is 5.69 Å². The van der Waals surface area contributed by atoms with E-state index in [2.05, 4.69) is 38.0 Å². The second-order valence-corrected chi connectivity index (χ2v) is 7.67. The number of hydrogen-bond acceptors (Lipinski definition) is 3. The number of nitrogens with zero attached hydrogens (tertiary/aromatic N) is 2. The Morgan fingerprint density at radius 3 is 2.43 bits per heavy atom. The largest absolute Gasteiger partial charge is 0.290 e. The molecule has 0 aliphatic heterocycles. The number of aryl methyl sites for hydroxylation is 1. The molecule has 0 saturated carbocycles. The molecule has 3 aromatic rings. The third-order valence-corrected chi connectivity index (χ3v) is 4.43. The van der Waals surface area contributed by atoms with Crippen LogP contribution >= 0.6 is 0 Å². The van der Waals surface area contributed by atoms with Crippen molar-refractivity contribution >= 4 is 5.91 Å². The van der Waals surface area contributed by atoms with Gasteiger partial charge in [0.25, 0.3) is 5.91 Å². The van der Waals surface area contributed by atoms with E-state index in [1.165, 1.54) is 0 Å². The Morgan fingerprint density at radius 1 is 1.07 bits per heavy atom. The van der Waals surface area contributed by atoms with E-state index in [1.807, 2.05) is 54.1 Å². The van der Waals surface area contributed by atoms with Crippen LogP contribution in [0.5, 0.6) is 0 Å². The van der Waals surface area contributed by atoms with Crippen molar-refractivity contribution in [2.45, 2.75) is 33.1 Å². The highest BCUT2D eigenvalue weighted by Gasteiger charge is 2.20. The topological polar surface area (TPSA) is 72.9 Å². The van der Waals surface area contributed by atoms with Crippen molar-refractivity contribution in [1.82, 2.24) is 15.2 Å². The Kier molecular flexibility index (Phi) is 5.34. The maximum Gasteiger partial charge on any atom is 0.265 e. The number of hydrogen-bond donors (Lipinski definition) is 2. The molecular weight excluding hydrogens is 348 g/mol. The molecule has 3 N–H and O–H groups in total. The highest BCUT2D eigenvalue weighted by Crippen LogP contribution is 2.23. The van der Waals surface area contributed by atoms with Gasteiger partial charge < -0.3 is 0 Å². The van der Waals surface area contributed by atoms with Gasteiger partial charge in [0.15, 0.2) is 0 Å². The lowest BCUT2D eigenvalue weighted by Gasteiger charge is -2.14. The molecule has 28 heavy (non-hydrogen) atoms. The van der Waals surface area contributed by atoms with Crippen molar-refractivity contribution in [3.8, 4) is 17.5 Å². The average molecular weight is 372 g/mol. The van der Waals surface area contributed by atoms with Crippen LogP contribution in [0.2, 0.25) is 0 Å². The Bertz CT molecular complexity index is 1060. The molecule has 0 saturated heterocycles. The average Bonchev–Trinajstić information content (AvgIpc) is 3.12. The quantitative estimate of drug-likeness (QED) is 0.313. The molecule has 5 heteroatoms. The number of nitrogen functional groups attached to an aromatic ring is 1. The van der Waals surface area contributed by atoms with Crippen molar-refractivity contribution < 1.29 is 4.79 Å². The number of aromatic nitrogens is 2. The number of hydrazine groups is 1. The van der Waals surface area contributed by atoms with Gasteiger partial charge in [0.1, 0.15) is 5.69 Å². The summed E-state index contributed by atoms with van der Waals surface area (Å²) in [6.07, 6.45) is 0. The fourth-order valence-electron chi connectivity index (χ4n) is 2.72. The van der Waals surface area contributed by atoms with Gasteiger partial charge in [0, 0.05) is 16.5 Å². The number of rotatable bonds is 2. The van der Waals surface area contributed by atoms with Crippen LogP contribution in [-0.2, 0) is 5.41 Å². The Balaban J connectivity index is 2.09. The van der Waals surface area contributed by atoms with Crippen molar-refractivity contribution in [3.63, 3.8) is 0 Å². The van der Waals surface area contributed by atoms with Crippen LogP contribution < -0.4 is 11.3 Å². The third-order valence-electron chi connectivity index (χ3n) is 4.43. The Hall–Kier alpha value is -3.36. The monoisotopic (exact) mass is 372 g/mol. The number of para-hydroxylation sites is 1. The van der Waals surface area contributed by atoms with Crippen molar-refractivity contribution in [3.05, 3.63) is 82.7 Å². The number of nitrogens with two attached hydrogens (primary N) is 1. The zero-order valence-corrected chi connectivity index (χ0v) is 16.6. The molecule has 0 fully saturated rings. The molecule has 142 valence electrons. The van der Waals surface area contributed by atoms with E-state index in [4.69, 9.17) is 10.9 Å². The molecule has 1 aromatic heterocycles. The summed E-state index contributed by atoms with van der Waals surface area (Å²) in [6, 6.07) is 17.3. The zero-order valence-electron chi connectivity index (χ0n) is 16.6. The minimum Gasteiger partial charge on any atom is -0.290 e. The molecule has 0 spiro atoms. The first-order valence-corrected chi connectivity index (χ1v) is 9.09. The van der Waals surface area contributed by atoms with Gasteiger partial charge in [-0.15, -0.1) is 0 Å². The van der Waals surface area contributed by atoms with Crippen LogP contribution in [0.3, 0.4) is 0 Å². The first kappa shape index (κ1) is 19.4. The maximum absolute atomic E-state index is 11.8. The molecular formula is C23H24N4O. The summed E-state index contributed by atoms with van der Waals surface area (Å²) in [5.74, 6) is 11.3. The third kappa shape index (κ3) is 4.13. The second-order valence-electron chi connectivity index (χ2n) is 7.67. The molecule has 0 aliphatic rings. The molecule has 0 bridgehead atoms. The van der Waals surface area contributed by atoms with E-state index in [0.29, 0.717) is 5.56 Å². The smallest absolute Gasteiger partial charge is 0.265 e. The summed E-state index contributed by atoms with van der Waals surface area (Å²) >= 11 is 0. The van der Waals surface area contributed by atoms with Crippen molar-refractivity contribution in [2.24, 2.45) is 5.84 Å². The molecule has 3 rings (SSSR count). The molecule has 1 heterocycles. The lowest BCUT2D eigenvalue weighted by atomic mass is 9.92. The van der Waals surface area contributed by atoms with Gasteiger partial charge in [0.05, 0.1) is 11.4 Å². The SMILES string of the molecule is Cc1ccc(C(=O)NN)cc1C#Cc1cc(C(C)(C)C)nn1-c1ccccc1. The highest BCUT2D eigenvalue weighted by atomic mass is 16.2. The van der Waals surface area contributed by atoms with Crippen molar-refractivity contribution in [1.29, 1.82) is 0 Å². The van der Waals surface area contributed by atoms with Gasteiger partial charge in [-0.1, -0.05) is 51.0 Å². The molecule has 2 aromatic carbocycles. The van der Waals surface area contributed by atoms with E-state index < -0.39 is 0 Å². The summed E-state index contributed by atoms with van der Waals surface area (Å²) in [5, 5.41) is 4.78. The minimum absolute atomic E-state index is 0.0918. The van der Waals surface area contributed by atoms with Crippen LogP contribution in [0.15, 0.2) is 54.6 Å². The Labute approximate surface area is 165 Å². The van der Waals surface area contributed by atoms with Gasteiger partial charge in [-0.25, -0.2) is 10.5 Å². The standard InChI is InChI=1S/C23H24N4O/c1-16-10-11-18(22(28)25-24)14-17(16)12-13-20-15-21(23(2,3)4)26-27(20)19-8-6-5-7-9-19/h5-11,14-15H,24H2,1-4H3,(H,25,28). The van der Waals surface area contributed by atoms with Crippen LogP contribution in [0, 0.1) is 18.8 Å². The van der Waals surface area contributed by atoms with E-state index in [9.17, 15) is 4.79 Å². The fourth-order valence-corrected chi connectivity index (χ4v) is 2.72. The van der Waals surface area contributed by atoms with Gasteiger partial charge in [0.2, 0.25) is 0 Å².